The van der Waals surface area contributed by atoms with Crippen LogP contribution in [0.15, 0.2) is 57.8 Å². The van der Waals surface area contributed by atoms with Crippen molar-refractivity contribution in [2.45, 2.75) is 31.3 Å². The highest BCUT2D eigenvalue weighted by atomic mass is 35.5. The molecule has 146 valence electrons. The number of aromatic nitrogens is 2. The zero-order valence-electron chi connectivity index (χ0n) is 15.4. The fourth-order valence-electron chi connectivity index (χ4n) is 2.55. The molecular weight excluding hydrogens is 417 g/mol. The first-order valence-corrected chi connectivity index (χ1v) is 10.4. The molecule has 28 heavy (non-hydrogen) atoms. The van der Waals surface area contributed by atoms with E-state index < -0.39 is 0 Å². The van der Waals surface area contributed by atoms with Gasteiger partial charge in [-0.2, -0.15) is 0 Å². The second-order valence-corrected chi connectivity index (χ2v) is 8.15. The molecule has 0 fully saturated rings. The number of carbonyl (C=O) groups excluding carboxylic acids is 1. The van der Waals surface area contributed by atoms with E-state index in [-0.39, 0.29) is 24.2 Å². The van der Waals surface area contributed by atoms with Gasteiger partial charge in [-0.3, -0.25) is 4.79 Å². The third kappa shape index (κ3) is 5.07. The molecule has 3 rings (SSSR count). The van der Waals surface area contributed by atoms with Crippen molar-refractivity contribution >= 4 is 40.9 Å². The largest absolute Gasteiger partial charge is 0.419 e. The topological polar surface area (TPSA) is 59.2 Å². The molecule has 0 unspecified atom stereocenters. The fraction of sp³-hybridized carbons (Fsp3) is 0.250. The van der Waals surface area contributed by atoms with E-state index in [0.29, 0.717) is 27.4 Å². The highest BCUT2D eigenvalue weighted by Crippen LogP contribution is 2.28. The molecule has 0 aliphatic carbocycles. The number of rotatable bonds is 7. The number of nitrogens with zero attached hydrogens (tertiary/aromatic N) is 3. The van der Waals surface area contributed by atoms with E-state index in [2.05, 4.69) is 10.2 Å². The van der Waals surface area contributed by atoms with Crippen molar-refractivity contribution in [1.82, 2.24) is 15.1 Å². The van der Waals surface area contributed by atoms with Crippen molar-refractivity contribution in [2.75, 3.05) is 5.75 Å². The van der Waals surface area contributed by atoms with Crippen LogP contribution in [0.1, 0.15) is 19.7 Å². The van der Waals surface area contributed by atoms with Gasteiger partial charge < -0.3 is 9.32 Å². The predicted octanol–water partition coefficient (Wildman–Crippen LogP) is 5.57. The Bertz CT molecular complexity index is 962. The summed E-state index contributed by atoms with van der Waals surface area (Å²) in [5.41, 5.74) is 0.666. The SMILES string of the molecule is CC(C)N(Cc1nnc(-c2ccccc2Cl)o1)C(=O)CSc1ccccc1Cl. The predicted molar refractivity (Wildman–Crippen MR) is 113 cm³/mol. The molecule has 1 aromatic heterocycles. The van der Waals surface area contributed by atoms with Gasteiger partial charge in [0.05, 0.1) is 27.9 Å². The van der Waals surface area contributed by atoms with Crippen LogP contribution in [0, 0.1) is 0 Å². The minimum absolute atomic E-state index is 0.0185. The van der Waals surface area contributed by atoms with E-state index in [0.717, 1.165) is 4.90 Å². The highest BCUT2D eigenvalue weighted by Gasteiger charge is 2.21. The van der Waals surface area contributed by atoms with E-state index in [9.17, 15) is 4.79 Å². The lowest BCUT2D eigenvalue weighted by molar-refractivity contribution is -0.131. The molecule has 1 heterocycles. The van der Waals surface area contributed by atoms with Crippen LogP contribution in [0.5, 0.6) is 0 Å². The van der Waals surface area contributed by atoms with Crippen LogP contribution in [0.2, 0.25) is 10.0 Å². The van der Waals surface area contributed by atoms with E-state index in [4.69, 9.17) is 27.6 Å². The van der Waals surface area contributed by atoms with Gasteiger partial charge in [0, 0.05) is 10.9 Å². The molecule has 0 atom stereocenters. The van der Waals surface area contributed by atoms with Crippen molar-refractivity contribution in [3.05, 3.63) is 64.5 Å². The summed E-state index contributed by atoms with van der Waals surface area (Å²) in [6, 6.07) is 14.7. The highest BCUT2D eigenvalue weighted by molar-refractivity contribution is 8.00. The Morgan fingerprint density at radius 2 is 1.75 bits per heavy atom. The maximum absolute atomic E-state index is 12.8. The molecule has 0 aliphatic rings. The molecule has 1 amide bonds. The molecule has 0 radical (unpaired) electrons. The van der Waals surface area contributed by atoms with Crippen LogP contribution in [0.25, 0.3) is 11.5 Å². The Morgan fingerprint density at radius 1 is 1.07 bits per heavy atom. The number of halogens is 2. The smallest absolute Gasteiger partial charge is 0.249 e. The summed E-state index contributed by atoms with van der Waals surface area (Å²) in [6.07, 6.45) is 0. The van der Waals surface area contributed by atoms with Crippen molar-refractivity contribution in [2.24, 2.45) is 0 Å². The summed E-state index contributed by atoms with van der Waals surface area (Å²) >= 11 is 13.8. The number of hydrogen-bond acceptors (Lipinski definition) is 5. The van der Waals surface area contributed by atoms with Gasteiger partial charge in [0.1, 0.15) is 0 Å². The lowest BCUT2D eigenvalue weighted by atomic mass is 10.2. The van der Waals surface area contributed by atoms with Crippen LogP contribution >= 0.6 is 35.0 Å². The average Bonchev–Trinajstić information content (AvgIpc) is 3.14. The summed E-state index contributed by atoms with van der Waals surface area (Å²) in [5, 5.41) is 9.31. The summed E-state index contributed by atoms with van der Waals surface area (Å²) in [7, 11) is 0. The minimum Gasteiger partial charge on any atom is -0.419 e. The molecule has 0 bridgehead atoms. The second kappa shape index (κ2) is 9.45. The fourth-order valence-corrected chi connectivity index (χ4v) is 3.89. The second-order valence-electron chi connectivity index (χ2n) is 6.32. The average molecular weight is 436 g/mol. The maximum atomic E-state index is 12.8. The van der Waals surface area contributed by atoms with Gasteiger partial charge in [-0.1, -0.05) is 47.5 Å². The molecule has 2 aromatic carbocycles. The van der Waals surface area contributed by atoms with Gasteiger partial charge in [-0.05, 0) is 38.1 Å². The molecule has 0 saturated heterocycles. The van der Waals surface area contributed by atoms with Crippen LogP contribution in [-0.4, -0.2) is 32.8 Å². The van der Waals surface area contributed by atoms with Crippen molar-refractivity contribution in [3.63, 3.8) is 0 Å². The molecular formula is C20H19Cl2N3O2S. The number of thioether (sulfide) groups is 1. The van der Waals surface area contributed by atoms with E-state index in [1.54, 1.807) is 11.0 Å². The Kier molecular flexibility index (Phi) is 6.99. The van der Waals surface area contributed by atoms with Gasteiger partial charge in [0.25, 0.3) is 0 Å². The van der Waals surface area contributed by atoms with E-state index in [1.165, 1.54) is 11.8 Å². The van der Waals surface area contributed by atoms with Crippen molar-refractivity contribution < 1.29 is 9.21 Å². The van der Waals surface area contributed by atoms with Crippen LogP contribution in [0.3, 0.4) is 0 Å². The van der Waals surface area contributed by atoms with Gasteiger partial charge in [-0.15, -0.1) is 22.0 Å². The third-order valence-electron chi connectivity index (χ3n) is 4.01. The van der Waals surface area contributed by atoms with E-state index in [1.807, 2.05) is 56.3 Å². The number of benzene rings is 2. The quantitative estimate of drug-likeness (QED) is 0.453. The van der Waals surface area contributed by atoms with Gasteiger partial charge in [0.2, 0.25) is 17.7 Å². The minimum atomic E-state index is -0.0302. The number of hydrogen-bond donors (Lipinski definition) is 0. The van der Waals surface area contributed by atoms with Crippen LogP contribution in [-0.2, 0) is 11.3 Å². The standard InChI is InChI=1S/C20H19Cl2N3O2S/c1-13(2)25(19(26)12-28-17-10-6-5-9-16(17)22)11-18-23-24-20(27-18)14-7-3-4-8-15(14)21/h3-10,13H,11-12H2,1-2H3. The monoisotopic (exact) mass is 435 g/mol. The van der Waals surface area contributed by atoms with Gasteiger partial charge in [-0.25, -0.2) is 0 Å². The lowest BCUT2D eigenvalue weighted by Gasteiger charge is -2.25. The molecule has 8 heteroatoms. The number of amides is 1. The Hall–Kier alpha value is -2.02. The summed E-state index contributed by atoms with van der Waals surface area (Å²) < 4.78 is 5.73. The molecule has 5 nitrogen and oxygen atoms in total. The normalized spacial score (nSPS) is 11.0. The van der Waals surface area contributed by atoms with Gasteiger partial charge in [0.15, 0.2) is 0 Å². The summed E-state index contributed by atoms with van der Waals surface area (Å²) in [6.45, 7) is 4.13. The van der Waals surface area contributed by atoms with Crippen LogP contribution in [0.4, 0.5) is 0 Å². The first kappa shape index (κ1) is 20.7. The molecule has 0 spiro atoms. The molecule has 0 N–H and O–H groups in total. The lowest BCUT2D eigenvalue weighted by Crippen LogP contribution is -2.37. The Morgan fingerprint density at radius 3 is 2.43 bits per heavy atom. The Balaban J connectivity index is 1.69. The van der Waals surface area contributed by atoms with Crippen molar-refractivity contribution in [1.29, 1.82) is 0 Å². The summed E-state index contributed by atoms with van der Waals surface area (Å²) in [5.74, 6) is 0.937. The first-order chi connectivity index (χ1) is 13.5. The zero-order valence-corrected chi connectivity index (χ0v) is 17.8. The van der Waals surface area contributed by atoms with Crippen LogP contribution < -0.4 is 0 Å². The van der Waals surface area contributed by atoms with Crippen molar-refractivity contribution in [3.8, 4) is 11.5 Å². The first-order valence-electron chi connectivity index (χ1n) is 8.69. The molecule has 0 saturated carbocycles. The third-order valence-corrected chi connectivity index (χ3v) is 5.84. The number of carbonyl (C=O) groups is 1. The zero-order chi connectivity index (χ0) is 20.1. The summed E-state index contributed by atoms with van der Waals surface area (Å²) in [4.78, 5) is 15.3. The maximum Gasteiger partial charge on any atom is 0.249 e. The molecule has 0 aliphatic heterocycles. The van der Waals surface area contributed by atoms with Gasteiger partial charge >= 0.3 is 0 Å². The Labute approximate surface area is 178 Å². The molecule has 3 aromatic rings. The van der Waals surface area contributed by atoms with E-state index >= 15 is 0 Å².